The minimum absolute atomic E-state index is 0.157. The number of nitrogens with one attached hydrogen (secondary N) is 2. The van der Waals surface area contributed by atoms with Gasteiger partial charge in [0.05, 0.1) is 11.9 Å². The SMILES string of the molecule is Nc1cn[nH]c1C(=O)NC1CCc2ccccc2C1. The summed E-state index contributed by atoms with van der Waals surface area (Å²) in [5, 5.41) is 9.40. The van der Waals surface area contributed by atoms with E-state index in [-0.39, 0.29) is 11.9 Å². The molecule has 2 aromatic rings. The van der Waals surface area contributed by atoms with E-state index in [1.165, 1.54) is 17.3 Å². The minimum Gasteiger partial charge on any atom is -0.396 e. The minimum atomic E-state index is -0.181. The van der Waals surface area contributed by atoms with E-state index in [9.17, 15) is 4.79 Å². The molecule has 4 N–H and O–H groups in total. The van der Waals surface area contributed by atoms with Crippen LogP contribution in [-0.2, 0) is 12.8 Å². The first-order valence-electron chi connectivity index (χ1n) is 6.40. The Labute approximate surface area is 111 Å². The Morgan fingerprint density at radius 1 is 1.37 bits per heavy atom. The van der Waals surface area contributed by atoms with E-state index in [0.717, 1.165) is 19.3 Å². The van der Waals surface area contributed by atoms with Crippen molar-refractivity contribution in [1.29, 1.82) is 0 Å². The molecule has 1 aromatic heterocycles. The third-order valence-electron chi connectivity index (χ3n) is 3.58. The summed E-state index contributed by atoms with van der Waals surface area (Å²) in [4.78, 5) is 12.0. The van der Waals surface area contributed by atoms with Crippen molar-refractivity contribution >= 4 is 11.6 Å². The fraction of sp³-hybridized carbons (Fsp3) is 0.286. The van der Waals surface area contributed by atoms with Gasteiger partial charge in [0.2, 0.25) is 0 Å². The smallest absolute Gasteiger partial charge is 0.271 e. The van der Waals surface area contributed by atoms with Gasteiger partial charge in [0.15, 0.2) is 0 Å². The van der Waals surface area contributed by atoms with Gasteiger partial charge >= 0.3 is 0 Å². The molecule has 0 aliphatic heterocycles. The highest BCUT2D eigenvalue weighted by molar-refractivity contribution is 5.97. The van der Waals surface area contributed by atoms with Crippen LogP contribution in [0, 0.1) is 0 Å². The van der Waals surface area contributed by atoms with Gasteiger partial charge in [0.25, 0.3) is 5.91 Å². The molecule has 1 aromatic carbocycles. The number of aromatic nitrogens is 2. The number of aryl methyl sites for hydroxylation is 1. The van der Waals surface area contributed by atoms with Crippen molar-refractivity contribution in [2.45, 2.75) is 25.3 Å². The predicted molar refractivity (Wildman–Crippen MR) is 72.7 cm³/mol. The van der Waals surface area contributed by atoms with Crippen LogP contribution in [0.4, 0.5) is 5.69 Å². The Bertz CT molecular complexity index is 605. The predicted octanol–water partition coefficient (Wildman–Crippen LogP) is 1.28. The number of hydrogen-bond donors (Lipinski definition) is 3. The zero-order valence-corrected chi connectivity index (χ0v) is 10.5. The van der Waals surface area contributed by atoms with E-state index in [1.54, 1.807) is 0 Å². The Morgan fingerprint density at radius 2 is 2.16 bits per heavy atom. The van der Waals surface area contributed by atoms with Crippen LogP contribution in [0.25, 0.3) is 0 Å². The summed E-state index contributed by atoms with van der Waals surface area (Å²) < 4.78 is 0. The highest BCUT2D eigenvalue weighted by Gasteiger charge is 2.21. The first kappa shape index (κ1) is 11.8. The van der Waals surface area contributed by atoms with Crippen LogP contribution in [0.1, 0.15) is 28.0 Å². The van der Waals surface area contributed by atoms with E-state index < -0.39 is 0 Å². The molecule has 0 spiro atoms. The summed E-state index contributed by atoms with van der Waals surface area (Å²) in [7, 11) is 0. The number of nitrogens with zero attached hydrogens (tertiary/aromatic N) is 1. The van der Waals surface area contributed by atoms with Gasteiger partial charge in [-0.3, -0.25) is 9.89 Å². The third kappa shape index (κ3) is 2.31. The maximum atomic E-state index is 12.0. The van der Waals surface area contributed by atoms with Gasteiger partial charge in [-0.1, -0.05) is 24.3 Å². The van der Waals surface area contributed by atoms with Gasteiger partial charge < -0.3 is 11.1 Å². The molecule has 3 rings (SSSR count). The van der Waals surface area contributed by atoms with Crippen LogP contribution >= 0.6 is 0 Å². The lowest BCUT2D eigenvalue weighted by Crippen LogP contribution is -2.39. The van der Waals surface area contributed by atoms with Crippen molar-refractivity contribution in [3.63, 3.8) is 0 Å². The molecule has 1 unspecified atom stereocenters. The zero-order valence-electron chi connectivity index (χ0n) is 10.5. The van der Waals surface area contributed by atoms with E-state index in [2.05, 4.69) is 33.7 Å². The molecule has 0 fully saturated rings. The molecule has 1 amide bonds. The van der Waals surface area contributed by atoms with Crippen LogP contribution in [0.3, 0.4) is 0 Å². The van der Waals surface area contributed by atoms with E-state index in [0.29, 0.717) is 11.4 Å². The first-order valence-corrected chi connectivity index (χ1v) is 6.40. The molecule has 1 atom stereocenters. The van der Waals surface area contributed by atoms with Gasteiger partial charge in [-0.25, -0.2) is 0 Å². The van der Waals surface area contributed by atoms with Crippen LogP contribution < -0.4 is 11.1 Å². The molecule has 1 heterocycles. The molecular weight excluding hydrogens is 240 g/mol. The fourth-order valence-electron chi connectivity index (χ4n) is 2.56. The van der Waals surface area contributed by atoms with E-state index in [4.69, 9.17) is 5.73 Å². The molecule has 0 saturated carbocycles. The van der Waals surface area contributed by atoms with Crippen LogP contribution in [0.5, 0.6) is 0 Å². The number of benzene rings is 1. The monoisotopic (exact) mass is 256 g/mol. The lowest BCUT2D eigenvalue weighted by Gasteiger charge is -2.25. The number of aromatic amines is 1. The van der Waals surface area contributed by atoms with Crippen molar-refractivity contribution in [2.24, 2.45) is 0 Å². The summed E-state index contributed by atoms with van der Waals surface area (Å²) in [6, 6.07) is 8.53. The molecular formula is C14H16N4O. The number of amides is 1. The van der Waals surface area contributed by atoms with E-state index >= 15 is 0 Å². The second kappa shape index (κ2) is 4.76. The van der Waals surface area contributed by atoms with E-state index in [1.807, 2.05) is 6.07 Å². The summed E-state index contributed by atoms with van der Waals surface area (Å²) in [5.41, 5.74) is 9.10. The molecule has 19 heavy (non-hydrogen) atoms. The number of anilines is 1. The average Bonchev–Trinajstić information content (AvgIpc) is 2.85. The highest BCUT2D eigenvalue weighted by Crippen LogP contribution is 2.21. The van der Waals surface area contributed by atoms with Gasteiger partial charge in [-0.05, 0) is 30.4 Å². The summed E-state index contributed by atoms with van der Waals surface area (Å²) >= 11 is 0. The molecule has 1 aliphatic rings. The normalized spacial score (nSPS) is 17.8. The van der Waals surface area contributed by atoms with Crippen LogP contribution in [-0.4, -0.2) is 22.1 Å². The number of fused-ring (bicyclic) bond motifs is 1. The molecule has 1 aliphatic carbocycles. The maximum absolute atomic E-state index is 12.0. The number of hydrogen-bond acceptors (Lipinski definition) is 3. The fourth-order valence-corrected chi connectivity index (χ4v) is 2.56. The second-order valence-electron chi connectivity index (χ2n) is 4.88. The van der Waals surface area contributed by atoms with Gasteiger partial charge in [-0.15, -0.1) is 0 Å². The largest absolute Gasteiger partial charge is 0.396 e. The van der Waals surface area contributed by atoms with Crippen molar-refractivity contribution < 1.29 is 4.79 Å². The molecule has 0 saturated heterocycles. The lowest BCUT2D eigenvalue weighted by atomic mass is 9.88. The average molecular weight is 256 g/mol. The van der Waals surface area contributed by atoms with Gasteiger partial charge in [0.1, 0.15) is 5.69 Å². The summed E-state index contributed by atoms with van der Waals surface area (Å²) in [6.45, 7) is 0. The lowest BCUT2D eigenvalue weighted by molar-refractivity contribution is 0.0929. The maximum Gasteiger partial charge on any atom is 0.271 e. The molecule has 0 bridgehead atoms. The zero-order chi connectivity index (χ0) is 13.2. The number of nitrogen functional groups attached to an aromatic ring is 1. The Kier molecular flexibility index (Phi) is 2.95. The van der Waals surface area contributed by atoms with Crippen molar-refractivity contribution in [3.8, 4) is 0 Å². The Balaban J connectivity index is 1.70. The van der Waals surface area contributed by atoms with Gasteiger partial charge in [-0.2, -0.15) is 5.10 Å². The summed E-state index contributed by atoms with van der Waals surface area (Å²) in [5.74, 6) is -0.181. The van der Waals surface area contributed by atoms with Crippen LogP contribution in [0.2, 0.25) is 0 Å². The quantitative estimate of drug-likeness (QED) is 0.756. The number of H-pyrrole nitrogens is 1. The van der Waals surface area contributed by atoms with Crippen molar-refractivity contribution in [3.05, 3.63) is 47.3 Å². The summed E-state index contributed by atoms with van der Waals surface area (Å²) in [6.07, 6.45) is 4.28. The molecule has 98 valence electrons. The van der Waals surface area contributed by atoms with Crippen molar-refractivity contribution in [2.75, 3.05) is 5.73 Å². The topological polar surface area (TPSA) is 83.8 Å². The number of carbonyl (C=O) groups is 1. The second-order valence-corrected chi connectivity index (χ2v) is 4.88. The molecule has 0 radical (unpaired) electrons. The number of nitrogens with two attached hydrogens (primary N) is 1. The van der Waals surface area contributed by atoms with Gasteiger partial charge in [0, 0.05) is 6.04 Å². The Hall–Kier alpha value is -2.30. The third-order valence-corrected chi connectivity index (χ3v) is 3.58. The van der Waals surface area contributed by atoms with Crippen LogP contribution in [0.15, 0.2) is 30.5 Å². The standard InChI is InChI=1S/C14H16N4O/c15-12-8-16-18-13(12)14(19)17-11-6-5-9-3-1-2-4-10(9)7-11/h1-4,8,11H,5-7,15H2,(H,16,18)(H,17,19). The highest BCUT2D eigenvalue weighted by atomic mass is 16.2. The molecule has 5 heteroatoms. The number of rotatable bonds is 2. The Morgan fingerprint density at radius 3 is 2.89 bits per heavy atom. The van der Waals surface area contributed by atoms with Crippen molar-refractivity contribution in [1.82, 2.24) is 15.5 Å². The number of carbonyl (C=O) groups excluding carboxylic acids is 1. The molecule has 5 nitrogen and oxygen atoms in total. The first-order chi connectivity index (χ1) is 9.24.